The number of carbonyl (C=O) groups is 2. The summed E-state index contributed by atoms with van der Waals surface area (Å²) in [6, 6.07) is 6.58. The van der Waals surface area contributed by atoms with Crippen LogP contribution in [-0.2, 0) is 11.3 Å². The third-order valence-corrected chi connectivity index (χ3v) is 6.59. The summed E-state index contributed by atoms with van der Waals surface area (Å²) in [5, 5.41) is 9.32. The molecule has 0 bridgehead atoms. The van der Waals surface area contributed by atoms with Crippen LogP contribution in [0.3, 0.4) is 0 Å². The highest BCUT2D eigenvalue weighted by atomic mass is 35.5. The second-order valence-corrected chi connectivity index (χ2v) is 10.5. The molecule has 0 saturated carbocycles. The first-order valence-electron chi connectivity index (χ1n) is 11.7. The van der Waals surface area contributed by atoms with Gasteiger partial charge in [0, 0.05) is 37.1 Å². The minimum absolute atomic E-state index is 0.0894. The number of rotatable bonds is 8. The molecule has 10 heteroatoms. The van der Waals surface area contributed by atoms with Gasteiger partial charge < -0.3 is 25.3 Å². The van der Waals surface area contributed by atoms with Crippen molar-refractivity contribution in [2.75, 3.05) is 23.7 Å². The van der Waals surface area contributed by atoms with E-state index in [-0.39, 0.29) is 41.2 Å². The molecule has 3 aromatic rings. The fourth-order valence-electron chi connectivity index (χ4n) is 4.34. The molecule has 1 aromatic heterocycles. The maximum atomic E-state index is 13.2. The van der Waals surface area contributed by atoms with Gasteiger partial charge in [-0.05, 0) is 36.6 Å². The van der Waals surface area contributed by atoms with Crippen molar-refractivity contribution in [2.24, 2.45) is 5.41 Å². The Bertz CT molecular complexity index is 1410. The van der Waals surface area contributed by atoms with Gasteiger partial charge in [0.2, 0.25) is 5.91 Å². The quantitative estimate of drug-likeness (QED) is 0.392. The van der Waals surface area contributed by atoms with Crippen LogP contribution in [0.15, 0.2) is 38.3 Å². The number of aryl methyl sites for hydroxylation is 1. The number of anilines is 3. The van der Waals surface area contributed by atoms with Crippen LogP contribution in [0.5, 0.6) is 0 Å². The lowest BCUT2D eigenvalue weighted by molar-refractivity contribution is -0.119. The molecule has 1 aliphatic heterocycles. The van der Waals surface area contributed by atoms with Crippen molar-refractivity contribution < 1.29 is 14.0 Å². The average molecular weight is 513 g/mol. The zero-order chi connectivity index (χ0) is 26.4. The molecular weight excluding hydrogens is 484 g/mol. The van der Waals surface area contributed by atoms with Crippen molar-refractivity contribution in [3.63, 3.8) is 0 Å². The van der Waals surface area contributed by atoms with Gasteiger partial charge in [-0.3, -0.25) is 19.2 Å². The first kappa shape index (κ1) is 25.5. The fourth-order valence-corrected chi connectivity index (χ4v) is 4.56. The summed E-state index contributed by atoms with van der Waals surface area (Å²) >= 11 is 6.38. The van der Waals surface area contributed by atoms with Gasteiger partial charge in [0.15, 0.2) is 0 Å². The van der Waals surface area contributed by atoms with E-state index in [9.17, 15) is 19.2 Å². The molecule has 2 aromatic carbocycles. The summed E-state index contributed by atoms with van der Waals surface area (Å²) in [6.07, 6.45) is 0. The van der Waals surface area contributed by atoms with Crippen molar-refractivity contribution in [1.29, 1.82) is 0 Å². The summed E-state index contributed by atoms with van der Waals surface area (Å²) < 4.78 is 5.81. The molecule has 0 unspecified atom stereocenters. The van der Waals surface area contributed by atoms with Crippen LogP contribution < -0.4 is 26.8 Å². The van der Waals surface area contributed by atoms with E-state index in [0.29, 0.717) is 40.7 Å². The molecule has 1 atom stereocenters. The molecule has 0 spiro atoms. The molecule has 0 aliphatic carbocycles. The zero-order valence-electron chi connectivity index (χ0n) is 20.9. The number of halogens is 1. The molecular formula is C26H29ClN4O5. The number of benzene rings is 1. The van der Waals surface area contributed by atoms with Crippen LogP contribution in [0.25, 0.3) is 0 Å². The Balaban J connectivity index is 1.63. The molecule has 190 valence electrons. The van der Waals surface area contributed by atoms with E-state index in [0.717, 1.165) is 5.76 Å². The molecule has 9 nitrogen and oxygen atoms in total. The van der Waals surface area contributed by atoms with Crippen molar-refractivity contribution >= 4 is 40.5 Å². The predicted molar refractivity (Wildman–Crippen MR) is 139 cm³/mol. The average Bonchev–Trinajstić information content (AvgIpc) is 3.37. The number of hydrogen-bond donors (Lipinski definition) is 3. The van der Waals surface area contributed by atoms with E-state index in [1.165, 1.54) is 6.92 Å². The van der Waals surface area contributed by atoms with Crippen molar-refractivity contribution in [3.05, 3.63) is 72.4 Å². The number of nitrogens with one attached hydrogen (secondary N) is 3. The van der Waals surface area contributed by atoms with Crippen molar-refractivity contribution in [1.82, 2.24) is 10.2 Å². The number of fused-ring (bicyclic) bond motifs is 1. The topological polar surface area (TPSA) is 121 Å². The zero-order valence-corrected chi connectivity index (χ0v) is 21.6. The Morgan fingerprint density at radius 2 is 1.81 bits per heavy atom. The van der Waals surface area contributed by atoms with Gasteiger partial charge in [-0.2, -0.15) is 0 Å². The standard InChI is InChI=1S/C26H29ClN4O5/c1-13-6-9-18(36-13)24(26(3,4)5)30-21-20(22(33)23(21)34)29-17-8-7-16(27)15-12-31(25(35)19(15)17)11-10-28-14(2)32/h6-9,24,29-30H,10-12H2,1-5H3,(H,28,32)/t24-/m0/s1. The highest BCUT2D eigenvalue weighted by Gasteiger charge is 2.35. The Morgan fingerprint density at radius 1 is 1.11 bits per heavy atom. The lowest BCUT2D eigenvalue weighted by atomic mass is 9.85. The van der Waals surface area contributed by atoms with Gasteiger partial charge >= 0.3 is 0 Å². The summed E-state index contributed by atoms with van der Waals surface area (Å²) in [7, 11) is 0. The van der Waals surface area contributed by atoms with Crippen molar-refractivity contribution in [2.45, 2.75) is 47.2 Å². The molecule has 0 radical (unpaired) electrons. The van der Waals surface area contributed by atoms with Gasteiger partial charge in [-0.1, -0.05) is 32.4 Å². The molecule has 36 heavy (non-hydrogen) atoms. The first-order chi connectivity index (χ1) is 16.9. The summed E-state index contributed by atoms with van der Waals surface area (Å²) in [4.78, 5) is 51.1. The molecule has 0 saturated heterocycles. The van der Waals surface area contributed by atoms with Gasteiger partial charge in [0.05, 0.1) is 17.3 Å². The summed E-state index contributed by atoms with van der Waals surface area (Å²) in [5.74, 6) is 0.934. The smallest absolute Gasteiger partial charge is 0.256 e. The maximum Gasteiger partial charge on any atom is 0.256 e. The number of carbonyl (C=O) groups excluding carboxylic acids is 2. The Hall–Kier alpha value is -3.59. The van der Waals surface area contributed by atoms with E-state index >= 15 is 0 Å². The van der Waals surface area contributed by atoms with E-state index < -0.39 is 10.9 Å². The predicted octanol–water partition coefficient (Wildman–Crippen LogP) is 3.87. The SMILES string of the molecule is CC(=O)NCCN1Cc2c(Cl)ccc(Nc3c(N[C@@H](c4ccc(C)o4)C(C)(C)C)c(=O)c3=O)c2C1=O. The highest BCUT2D eigenvalue weighted by molar-refractivity contribution is 6.32. The second kappa shape index (κ2) is 9.46. The third kappa shape index (κ3) is 4.75. The molecule has 2 amide bonds. The Morgan fingerprint density at radius 3 is 2.42 bits per heavy atom. The van der Waals surface area contributed by atoms with Crippen LogP contribution in [0, 0.1) is 12.3 Å². The minimum atomic E-state index is -0.669. The van der Waals surface area contributed by atoms with Crippen molar-refractivity contribution in [3.8, 4) is 0 Å². The van der Waals surface area contributed by atoms with E-state index in [4.69, 9.17) is 16.0 Å². The molecule has 2 heterocycles. The van der Waals surface area contributed by atoms with E-state index in [1.54, 1.807) is 17.0 Å². The van der Waals surface area contributed by atoms with Crippen LogP contribution in [-0.4, -0.2) is 29.8 Å². The number of hydrogen-bond acceptors (Lipinski definition) is 7. The minimum Gasteiger partial charge on any atom is -0.464 e. The van der Waals surface area contributed by atoms with E-state index in [2.05, 4.69) is 16.0 Å². The fraction of sp³-hybridized carbons (Fsp3) is 0.385. The number of furan rings is 1. The Labute approximate surface area is 213 Å². The van der Waals surface area contributed by atoms with Gasteiger partial charge in [-0.15, -0.1) is 0 Å². The number of nitrogens with zero attached hydrogens (tertiary/aromatic N) is 1. The summed E-state index contributed by atoms with van der Waals surface area (Å²) in [6.45, 7) is 10.2. The maximum absolute atomic E-state index is 13.2. The van der Waals surface area contributed by atoms with E-state index in [1.807, 2.05) is 39.8 Å². The molecule has 4 rings (SSSR count). The van der Waals surface area contributed by atoms with Crippen LogP contribution in [0.2, 0.25) is 5.02 Å². The van der Waals surface area contributed by atoms with Crippen LogP contribution in [0.4, 0.5) is 17.1 Å². The number of amides is 2. The third-order valence-electron chi connectivity index (χ3n) is 6.23. The van der Waals surface area contributed by atoms with Crippen LogP contribution >= 0.6 is 11.6 Å². The monoisotopic (exact) mass is 512 g/mol. The van der Waals surface area contributed by atoms with Gasteiger partial charge in [0.1, 0.15) is 22.9 Å². The Kier molecular flexibility index (Phi) is 6.70. The lowest BCUT2D eigenvalue weighted by Crippen LogP contribution is -2.39. The molecule has 0 fully saturated rings. The first-order valence-corrected chi connectivity index (χ1v) is 12.0. The highest BCUT2D eigenvalue weighted by Crippen LogP contribution is 2.39. The second-order valence-electron chi connectivity index (χ2n) is 10.1. The van der Waals surface area contributed by atoms with Gasteiger partial charge in [-0.25, -0.2) is 0 Å². The molecule has 3 N–H and O–H groups in total. The van der Waals surface area contributed by atoms with Crippen LogP contribution in [0.1, 0.15) is 61.2 Å². The van der Waals surface area contributed by atoms with Gasteiger partial charge in [0.25, 0.3) is 16.8 Å². The normalized spacial score (nSPS) is 14.2. The lowest BCUT2D eigenvalue weighted by Gasteiger charge is -2.31. The molecule has 1 aliphatic rings. The summed E-state index contributed by atoms with van der Waals surface area (Å²) in [5.41, 5.74) is -0.0522. The largest absolute Gasteiger partial charge is 0.464 e.